The topological polar surface area (TPSA) is 127 Å². The highest BCUT2D eigenvalue weighted by atomic mass is 32.2. The Morgan fingerprint density at radius 3 is 2.31 bits per heavy atom. The number of aromatic nitrogens is 2. The fourth-order valence-electron chi connectivity index (χ4n) is 4.32. The predicted octanol–water partition coefficient (Wildman–Crippen LogP) is 3.75. The molecule has 1 aromatic heterocycles. The summed E-state index contributed by atoms with van der Waals surface area (Å²) in [5.41, 5.74) is 2.92. The fourth-order valence-corrected chi connectivity index (χ4v) is 5.99. The molecule has 0 atom stereocenters. The van der Waals surface area contributed by atoms with Gasteiger partial charge in [-0.1, -0.05) is 17.7 Å². The number of sulfonamides is 1. The van der Waals surface area contributed by atoms with Gasteiger partial charge in [0.1, 0.15) is 5.82 Å². The smallest absolute Gasteiger partial charge is 0.269 e. The van der Waals surface area contributed by atoms with Gasteiger partial charge in [-0.05, 0) is 57.4 Å². The van der Waals surface area contributed by atoms with Crippen molar-refractivity contribution in [3.63, 3.8) is 0 Å². The van der Waals surface area contributed by atoms with Crippen molar-refractivity contribution in [3.05, 3.63) is 75.5 Å². The number of hydrogen-bond donors (Lipinski definition) is 1. The summed E-state index contributed by atoms with van der Waals surface area (Å²) in [6.07, 6.45) is 0.807. The Kier molecular flexibility index (Phi) is 6.73. The number of benzene rings is 2. The molecule has 0 bridgehead atoms. The SMILES string of the molecule is Cc1ccc(S(=O)(=O)N2CCC(C(=O)Nc3cc(C)nn3-c3ccc([N+](=O)[O-])cc3)CC2)c(C)c1. The molecule has 0 unspecified atom stereocenters. The van der Waals surface area contributed by atoms with Gasteiger partial charge in [-0.2, -0.15) is 9.40 Å². The molecule has 4 rings (SSSR count). The van der Waals surface area contributed by atoms with Gasteiger partial charge in [0.2, 0.25) is 15.9 Å². The minimum absolute atomic E-state index is 0.0363. The summed E-state index contributed by atoms with van der Waals surface area (Å²) in [6.45, 7) is 6.01. The van der Waals surface area contributed by atoms with E-state index in [0.717, 1.165) is 5.56 Å². The second kappa shape index (κ2) is 9.59. The van der Waals surface area contributed by atoms with Crippen molar-refractivity contribution in [1.29, 1.82) is 0 Å². The van der Waals surface area contributed by atoms with E-state index in [-0.39, 0.29) is 30.6 Å². The normalized spacial score (nSPS) is 15.2. The molecular weight excluding hydrogens is 470 g/mol. The molecule has 0 spiro atoms. The van der Waals surface area contributed by atoms with Gasteiger partial charge < -0.3 is 5.32 Å². The van der Waals surface area contributed by atoms with Crippen molar-refractivity contribution >= 4 is 27.4 Å². The number of nitro benzene ring substituents is 1. The van der Waals surface area contributed by atoms with Crippen LogP contribution in [0.2, 0.25) is 0 Å². The molecule has 2 heterocycles. The maximum Gasteiger partial charge on any atom is 0.269 e. The molecule has 35 heavy (non-hydrogen) atoms. The molecule has 184 valence electrons. The molecule has 1 aliphatic heterocycles. The average Bonchev–Trinajstić information content (AvgIpc) is 3.18. The van der Waals surface area contributed by atoms with E-state index < -0.39 is 14.9 Å². The van der Waals surface area contributed by atoms with E-state index in [2.05, 4.69) is 10.4 Å². The summed E-state index contributed by atoms with van der Waals surface area (Å²) in [4.78, 5) is 23.8. The van der Waals surface area contributed by atoms with Crippen LogP contribution in [0.15, 0.2) is 53.4 Å². The van der Waals surface area contributed by atoms with E-state index in [1.807, 2.05) is 13.0 Å². The van der Waals surface area contributed by atoms with Crippen molar-refractivity contribution < 1.29 is 18.1 Å². The maximum absolute atomic E-state index is 13.1. The molecule has 10 nitrogen and oxygen atoms in total. The third-order valence-electron chi connectivity index (χ3n) is 6.16. The van der Waals surface area contributed by atoms with Crippen LogP contribution in [0.5, 0.6) is 0 Å². The minimum atomic E-state index is -3.63. The Hall–Kier alpha value is -3.57. The molecule has 0 radical (unpaired) electrons. The van der Waals surface area contributed by atoms with Crippen molar-refractivity contribution in [2.45, 2.75) is 38.5 Å². The standard InChI is InChI=1S/C24H27N5O5S/c1-16-4-9-22(17(2)14-16)35(33,34)27-12-10-19(11-13-27)24(30)25-23-15-18(3)26-28(23)20-5-7-21(8-6-20)29(31)32/h4-9,14-15,19H,10-13H2,1-3H3,(H,25,30). The molecule has 1 amide bonds. The van der Waals surface area contributed by atoms with Crippen LogP contribution >= 0.6 is 0 Å². The predicted molar refractivity (Wildman–Crippen MR) is 131 cm³/mol. The molecular formula is C24H27N5O5S. The van der Waals surface area contributed by atoms with Crippen LogP contribution < -0.4 is 5.32 Å². The molecule has 1 N–H and O–H groups in total. The summed E-state index contributed by atoms with van der Waals surface area (Å²) in [7, 11) is -3.63. The van der Waals surface area contributed by atoms with Gasteiger partial charge >= 0.3 is 0 Å². The van der Waals surface area contributed by atoms with Crippen LogP contribution in [0.4, 0.5) is 11.5 Å². The lowest BCUT2D eigenvalue weighted by Gasteiger charge is -2.31. The third kappa shape index (κ3) is 5.10. The monoisotopic (exact) mass is 497 g/mol. The number of carbonyl (C=O) groups is 1. The Balaban J connectivity index is 1.44. The van der Waals surface area contributed by atoms with E-state index in [1.165, 1.54) is 21.1 Å². The Morgan fingerprint density at radius 1 is 1.06 bits per heavy atom. The first-order valence-corrected chi connectivity index (χ1v) is 12.7. The number of hydrogen-bond acceptors (Lipinski definition) is 6. The average molecular weight is 498 g/mol. The van der Waals surface area contributed by atoms with E-state index in [9.17, 15) is 23.3 Å². The quantitative estimate of drug-likeness (QED) is 0.408. The van der Waals surface area contributed by atoms with E-state index in [4.69, 9.17) is 0 Å². The van der Waals surface area contributed by atoms with Gasteiger partial charge in [-0.25, -0.2) is 13.1 Å². The van der Waals surface area contributed by atoms with Crippen molar-refractivity contribution in [1.82, 2.24) is 14.1 Å². The zero-order chi connectivity index (χ0) is 25.3. The first-order valence-electron chi connectivity index (χ1n) is 11.3. The lowest BCUT2D eigenvalue weighted by atomic mass is 9.97. The first kappa shape index (κ1) is 24.6. The zero-order valence-corrected chi connectivity index (χ0v) is 20.6. The molecule has 11 heteroatoms. The second-order valence-corrected chi connectivity index (χ2v) is 10.7. The summed E-state index contributed by atoms with van der Waals surface area (Å²) < 4.78 is 29.2. The lowest BCUT2D eigenvalue weighted by molar-refractivity contribution is -0.384. The highest BCUT2D eigenvalue weighted by Crippen LogP contribution is 2.27. The van der Waals surface area contributed by atoms with Crippen molar-refractivity contribution in [2.75, 3.05) is 18.4 Å². The highest BCUT2D eigenvalue weighted by molar-refractivity contribution is 7.89. The number of rotatable bonds is 6. The van der Waals surface area contributed by atoms with Gasteiger partial charge in [-0.3, -0.25) is 14.9 Å². The van der Waals surface area contributed by atoms with Crippen LogP contribution in [0.3, 0.4) is 0 Å². The number of nitrogens with one attached hydrogen (secondary N) is 1. The van der Waals surface area contributed by atoms with Crippen LogP contribution in [-0.2, 0) is 14.8 Å². The Labute approximate surface area is 203 Å². The number of amides is 1. The van der Waals surface area contributed by atoms with Gasteiger partial charge in [0.05, 0.1) is 21.2 Å². The molecule has 2 aromatic carbocycles. The maximum atomic E-state index is 13.1. The third-order valence-corrected chi connectivity index (χ3v) is 8.22. The highest BCUT2D eigenvalue weighted by Gasteiger charge is 2.33. The number of nitro groups is 1. The number of non-ortho nitro benzene ring substituents is 1. The number of aryl methyl sites for hydroxylation is 3. The minimum Gasteiger partial charge on any atom is -0.310 e. The van der Waals surface area contributed by atoms with E-state index in [0.29, 0.717) is 40.5 Å². The molecule has 1 saturated heterocycles. The second-order valence-electron chi connectivity index (χ2n) is 8.79. The van der Waals surface area contributed by atoms with Crippen LogP contribution in [0.25, 0.3) is 5.69 Å². The number of nitrogens with zero attached hydrogens (tertiary/aromatic N) is 4. The first-order chi connectivity index (χ1) is 16.6. The van der Waals surface area contributed by atoms with Crippen molar-refractivity contribution in [3.8, 4) is 5.69 Å². The summed E-state index contributed by atoms with van der Waals surface area (Å²) in [6, 6.07) is 12.9. The molecule has 1 aliphatic rings. The molecule has 1 fully saturated rings. The summed E-state index contributed by atoms with van der Waals surface area (Å²) in [5.74, 6) is -0.107. The largest absolute Gasteiger partial charge is 0.310 e. The zero-order valence-electron chi connectivity index (χ0n) is 19.8. The van der Waals surface area contributed by atoms with E-state index >= 15 is 0 Å². The molecule has 0 aliphatic carbocycles. The number of piperidine rings is 1. The molecule has 0 saturated carbocycles. The summed E-state index contributed by atoms with van der Waals surface area (Å²) in [5, 5.41) is 18.2. The van der Waals surface area contributed by atoms with Crippen LogP contribution in [-0.4, -0.2) is 46.4 Å². The van der Waals surface area contributed by atoms with Gasteiger partial charge in [0, 0.05) is 37.2 Å². The number of anilines is 1. The van der Waals surface area contributed by atoms with Gasteiger partial charge in [0.25, 0.3) is 5.69 Å². The van der Waals surface area contributed by atoms with Crippen LogP contribution in [0, 0.1) is 36.8 Å². The van der Waals surface area contributed by atoms with Crippen molar-refractivity contribution in [2.24, 2.45) is 5.92 Å². The van der Waals surface area contributed by atoms with Gasteiger partial charge in [0.15, 0.2) is 0 Å². The lowest BCUT2D eigenvalue weighted by Crippen LogP contribution is -2.41. The van der Waals surface area contributed by atoms with Gasteiger partial charge in [-0.15, -0.1) is 0 Å². The van der Waals surface area contributed by atoms with E-state index in [1.54, 1.807) is 44.2 Å². The van der Waals surface area contributed by atoms with Crippen LogP contribution in [0.1, 0.15) is 29.7 Å². The molecule has 3 aromatic rings. The summed E-state index contributed by atoms with van der Waals surface area (Å²) >= 11 is 0. The number of carbonyl (C=O) groups excluding carboxylic acids is 1. The Bertz CT molecular complexity index is 1370. The Morgan fingerprint density at radius 2 is 1.71 bits per heavy atom. The fraction of sp³-hybridized carbons (Fsp3) is 0.333.